The second-order valence-corrected chi connectivity index (χ2v) is 7.37. The van der Waals surface area contributed by atoms with E-state index in [-0.39, 0.29) is 18.3 Å². The summed E-state index contributed by atoms with van der Waals surface area (Å²) in [5.41, 5.74) is 2.74. The van der Waals surface area contributed by atoms with Crippen molar-refractivity contribution >= 4 is 46.0 Å². The second-order valence-electron chi connectivity index (χ2n) is 5.69. The Kier molecular flexibility index (Phi) is 5.56. The number of thiocarbonyl (C=S) groups is 1. The first kappa shape index (κ1) is 18.4. The lowest BCUT2D eigenvalue weighted by Crippen LogP contribution is -2.27. The first-order valence-electron chi connectivity index (χ1n) is 7.94. The number of benzene rings is 2. The van der Waals surface area contributed by atoms with E-state index in [0.29, 0.717) is 26.9 Å². The molecule has 4 nitrogen and oxygen atoms in total. The van der Waals surface area contributed by atoms with Gasteiger partial charge in [0.1, 0.15) is 5.75 Å². The molecule has 0 spiro atoms. The average molecular weight is 383 g/mol. The van der Waals surface area contributed by atoms with Crippen LogP contribution in [0.1, 0.15) is 16.7 Å². The second kappa shape index (κ2) is 7.86. The van der Waals surface area contributed by atoms with Crippen LogP contribution in [0.4, 0.5) is 5.69 Å². The lowest BCUT2D eigenvalue weighted by Gasteiger charge is -2.14. The van der Waals surface area contributed by atoms with Crippen LogP contribution >= 0.6 is 24.0 Å². The van der Waals surface area contributed by atoms with Crippen LogP contribution in [-0.4, -0.2) is 20.4 Å². The highest BCUT2D eigenvalue weighted by Gasteiger charge is 2.33. The van der Waals surface area contributed by atoms with Gasteiger partial charge in [0.05, 0.1) is 17.2 Å². The number of hydrogen-bond acceptors (Lipinski definition) is 5. The van der Waals surface area contributed by atoms with E-state index in [9.17, 15) is 9.90 Å². The minimum Gasteiger partial charge on any atom is -0.507 e. The fraction of sp³-hybridized carbons (Fsp3) is 0.100. The molecule has 6 heteroatoms. The Morgan fingerprint density at radius 3 is 2.58 bits per heavy atom. The van der Waals surface area contributed by atoms with Crippen LogP contribution < -0.4 is 4.90 Å². The number of carbonyl (C=O) groups is 1. The van der Waals surface area contributed by atoms with Crippen LogP contribution in [0.15, 0.2) is 60.0 Å². The molecule has 0 saturated carbocycles. The number of aliphatic hydroxyl groups is 1. The van der Waals surface area contributed by atoms with E-state index < -0.39 is 0 Å². The summed E-state index contributed by atoms with van der Waals surface area (Å²) in [6.45, 7) is 3.63. The molecule has 0 bridgehead atoms. The third kappa shape index (κ3) is 3.58. The number of amides is 1. The summed E-state index contributed by atoms with van der Waals surface area (Å²) in [5.74, 6) is -0.0877. The third-order valence-electron chi connectivity index (χ3n) is 3.97. The normalized spacial score (nSPS) is 15.7. The minimum atomic E-state index is -0.231. The van der Waals surface area contributed by atoms with E-state index in [2.05, 4.69) is 6.58 Å². The summed E-state index contributed by atoms with van der Waals surface area (Å²) >= 11 is 6.55. The fourth-order valence-electron chi connectivity index (χ4n) is 2.63. The topological polar surface area (TPSA) is 60.8 Å². The average Bonchev–Trinajstić information content (AvgIpc) is 2.92. The highest BCUT2D eigenvalue weighted by Crippen LogP contribution is 2.37. The maximum Gasteiger partial charge on any atom is 0.270 e. The number of phenols is 1. The van der Waals surface area contributed by atoms with Gasteiger partial charge >= 0.3 is 0 Å². The molecule has 1 heterocycles. The summed E-state index contributed by atoms with van der Waals surface area (Å²) in [5, 5.41) is 19.5. The minimum absolute atomic E-state index is 0.0566. The maximum atomic E-state index is 12.8. The van der Waals surface area contributed by atoms with Gasteiger partial charge in [0.25, 0.3) is 5.91 Å². The van der Waals surface area contributed by atoms with Crippen molar-refractivity contribution in [1.29, 1.82) is 0 Å². The van der Waals surface area contributed by atoms with Crippen LogP contribution in [0, 0.1) is 0 Å². The van der Waals surface area contributed by atoms with Gasteiger partial charge in [-0.2, -0.15) is 0 Å². The van der Waals surface area contributed by atoms with Gasteiger partial charge in [0.15, 0.2) is 4.32 Å². The van der Waals surface area contributed by atoms with Crippen molar-refractivity contribution in [3.05, 3.63) is 76.7 Å². The third-order valence-corrected chi connectivity index (χ3v) is 5.27. The predicted molar refractivity (Wildman–Crippen MR) is 110 cm³/mol. The molecule has 0 aliphatic carbocycles. The van der Waals surface area contributed by atoms with Gasteiger partial charge in [-0.1, -0.05) is 60.4 Å². The fourth-order valence-corrected chi connectivity index (χ4v) is 3.92. The molecule has 2 N–H and O–H groups in total. The number of phenolic OH excluding ortho intramolecular Hbond substituents is 1. The van der Waals surface area contributed by atoms with Crippen molar-refractivity contribution in [1.82, 2.24) is 0 Å². The van der Waals surface area contributed by atoms with Gasteiger partial charge in [0, 0.05) is 5.56 Å². The van der Waals surface area contributed by atoms with E-state index in [1.165, 1.54) is 16.7 Å². The summed E-state index contributed by atoms with van der Waals surface area (Å²) in [6, 6.07) is 12.4. The number of aliphatic hydroxyl groups excluding tert-OH is 1. The van der Waals surface area contributed by atoms with Crippen LogP contribution in [0.2, 0.25) is 0 Å². The standard InChI is InChI=1S/C20H17NO3S2/c1-2-4-14-5-3-6-15(18(14)23)11-17-19(24)21(20(25)26-17)16-9-7-13(12-22)8-10-16/h2-3,5-11,22-23H,1,4,12H2. The largest absolute Gasteiger partial charge is 0.507 e. The van der Waals surface area contributed by atoms with E-state index >= 15 is 0 Å². The summed E-state index contributed by atoms with van der Waals surface area (Å²) in [7, 11) is 0. The van der Waals surface area contributed by atoms with Crippen molar-refractivity contribution in [2.75, 3.05) is 4.90 Å². The molecular formula is C20H17NO3S2. The lowest BCUT2D eigenvalue weighted by atomic mass is 10.1. The van der Waals surface area contributed by atoms with Gasteiger partial charge < -0.3 is 10.2 Å². The smallest absolute Gasteiger partial charge is 0.270 e. The molecular weight excluding hydrogens is 366 g/mol. The highest BCUT2D eigenvalue weighted by molar-refractivity contribution is 8.27. The molecule has 2 aromatic rings. The first-order valence-corrected chi connectivity index (χ1v) is 9.17. The van der Waals surface area contributed by atoms with E-state index in [1.54, 1.807) is 42.5 Å². The number of hydrogen-bond donors (Lipinski definition) is 2. The first-order chi connectivity index (χ1) is 12.5. The summed E-state index contributed by atoms with van der Waals surface area (Å²) in [6.07, 6.45) is 3.92. The Hall–Kier alpha value is -2.41. The molecule has 1 fully saturated rings. The molecule has 0 atom stereocenters. The van der Waals surface area contributed by atoms with Crippen LogP contribution in [-0.2, 0) is 17.8 Å². The summed E-state index contributed by atoms with van der Waals surface area (Å²) < 4.78 is 0.430. The molecule has 1 aliphatic rings. The molecule has 1 aliphatic heterocycles. The maximum absolute atomic E-state index is 12.8. The molecule has 0 aromatic heterocycles. The van der Waals surface area contributed by atoms with Crippen molar-refractivity contribution in [2.45, 2.75) is 13.0 Å². The molecule has 0 unspecified atom stereocenters. The molecule has 0 radical (unpaired) electrons. The monoisotopic (exact) mass is 383 g/mol. The number of carbonyl (C=O) groups excluding carboxylic acids is 1. The number of rotatable bonds is 5. The van der Waals surface area contributed by atoms with Crippen LogP contribution in [0.3, 0.4) is 0 Å². The van der Waals surface area contributed by atoms with Gasteiger partial charge in [-0.15, -0.1) is 6.58 Å². The van der Waals surface area contributed by atoms with Gasteiger partial charge in [-0.25, -0.2) is 0 Å². The molecule has 26 heavy (non-hydrogen) atoms. The summed E-state index contributed by atoms with van der Waals surface area (Å²) in [4.78, 5) is 14.7. The van der Waals surface area contributed by atoms with E-state index in [0.717, 1.165) is 11.1 Å². The van der Waals surface area contributed by atoms with Gasteiger partial charge in [-0.05, 0) is 35.8 Å². The Labute approximate surface area is 161 Å². The molecule has 132 valence electrons. The molecule has 1 amide bonds. The van der Waals surface area contributed by atoms with Crippen LogP contribution in [0.5, 0.6) is 5.75 Å². The van der Waals surface area contributed by atoms with Crippen molar-refractivity contribution < 1.29 is 15.0 Å². The Balaban J connectivity index is 1.92. The van der Waals surface area contributed by atoms with Gasteiger partial charge in [0.2, 0.25) is 0 Å². The number of para-hydroxylation sites is 1. The van der Waals surface area contributed by atoms with Crippen LogP contribution in [0.25, 0.3) is 6.08 Å². The lowest BCUT2D eigenvalue weighted by molar-refractivity contribution is -0.113. The van der Waals surface area contributed by atoms with Crippen molar-refractivity contribution in [3.8, 4) is 5.75 Å². The Morgan fingerprint density at radius 1 is 1.19 bits per heavy atom. The van der Waals surface area contributed by atoms with E-state index in [4.69, 9.17) is 17.3 Å². The highest BCUT2D eigenvalue weighted by atomic mass is 32.2. The van der Waals surface area contributed by atoms with Crippen molar-refractivity contribution in [3.63, 3.8) is 0 Å². The molecule has 1 saturated heterocycles. The molecule has 2 aromatic carbocycles. The molecule has 3 rings (SSSR count). The number of allylic oxidation sites excluding steroid dienone is 1. The number of nitrogens with zero attached hydrogens (tertiary/aromatic N) is 1. The zero-order valence-electron chi connectivity index (χ0n) is 13.9. The Bertz CT molecular complexity index is 904. The SMILES string of the molecule is C=CCc1cccc(C=C2SC(=S)N(c3ccc(CO)cc3)C2=O)c1O. The number of aromatic hydroxyl groups is 1. The zero-order chi connectivity index (χ0) is 18.7. The number of thioether (sulfide) groups is 1. The van der Waals surface area contributed by atoms with Gasteiger partial charge in [-0.3, -0.25) is 9.69 Å². The van der Waals surface area contributed by atoms with E-state index in [1.807, 2.05) is 12.1 Å². The quantitative estimate of drug-likeness (QED) is 0.464. The van der Waals surface area contributed by atoms with Crippen molar-refractivity contribution in [2.24, 2.45) is 0 Å². The predicted octanol–water partition coefficient (Wildman–Crippen LogP) is 4.02. The Morgan fingerprint density at radius 2 is 1.92 bits per heavy atom. The number of anilines is 1. The zero-order valence-corrected chi connectivity index (χ0v) is 15.5.